The van der Waals surface area contributed by atoms with Gasteiger partial charge in [0.1, 0.15) is 0 Å². The summed E-state index contributed by atoms with van der Waals surface area (Å²) in [7, 11) is 0. The second-order valence-electron chi connectivity index (χ2n) is 7.86. The molecule has 0 amide bonds. The Morgan fingerprint density at radius 1 is 1.06 bits per heavy atom. The van der Waals surface area contributed by atoms with Crippen molar-refractivity contribution in [2.45, 2.75) is 70.9 Å². The molecule has 0 aromatic rings. The Hall–Kier alpha value is -0.0800. The van der Waals surface area contributed by atoms with Crippen LogP contribution in [0.5, 0.6) is 0 Å². The van der Waals surface area contributed by atoms with Gasteiger partial charge in [0, 0.05) is 19.1 Å². The van der Waals surface area contributed by atoms with Crippen molar-refractivity contribution in [3.8, 4) is 0 Å². The fraction of sp³-hybridized carbons (Fsp3) is 1.00. The van der Waals surface area contributed by atoms with Crippen molar-refractivity contribution < 1.29 is 5.11 Å². The minimum atomic E-state index is -0.0431. The zero-order valence-electron chi connectivity index (χ0n) is 12.1. The summed E-state index contributed by atoms with van der Waals surface area (Å²) in [5.41, 5.74) is 0.443. The molecule has 0 heterocycles. The monoisotopic (exact) mass is 251 g/mol. The average Bonchev–Trinajstić information content (AvgIpc) is 3.13. The summed E-state index contributed by atoms with van der Waals surface area (Å²) in [4.78, 5) is 2.72. The van der Waals surface area contributed by atoms with Crippen LogP contribution >= 0.6 is 0 Å². The highest BCUT2D eigenvalue weighted by atomic mass is 16.3. The second kappa shape index (κ2) is 4.79. The number of hydrogen-bond acceptors (Lipinski definition) is 2. The third kappa shape index (κ3) is 3.27. The van der Waals surface area contributed by atoms with Crippen molar-refractivity contribution in [3.63, 3.8) is 0 Å². The summed E-state index contributed by atoms with van der Waals surface area (Å²) < 4.78 is 0. The second-order valence-corrected chi connectivity index (χ2v) is 7.86. The fourth-order valence-electron chi connectivity index (χ4n) is 3.65. The van der Waals surface area contributed by atoms with E-state index in [1.807, 2.05) is 0 Å². The van der Waals surface area contributed by atoms with E-state index in [-0.39, 0.29) is 6.10 Å². The maximum atomic E-state index is 10.3. The predicted octanol–water partition coefficient (Wildman–Crippen LogP) is 3.05. The van der Waals surface area contributed by atoms with Gasteiger partial charge in [0.05, 0.1) is 6.10 Å². The number of nitrogens with zero attached hydrogens (tertiary/aromatic N) is 1. The molecule has 18 heavy (non-hydrogen) atoms. The van der Waals surface area contributed by atoms with Crippen molar-refractivity contribution in [2.24, 2.45) is 17.3 Å². The van der Waals surface area contributed by atoms with Gasteiger partial charge in [-0.1, -0.05) is 13.8 Å². The van der Waals surface area contributed by atoms with Gasteiger partial charge < -0.3 is 5.11 Å². The molecule has 0 radical (unpaired) electrons. The Kier molecular flexibility index (Phi) is 3.44. The highest BCUT2D eigenvalue weighted by molar-refractivity contribution is 4.92. The molecule has 3 aliphatic carbocycles. The lowest BCUT2D eigenvalue weighted by Gasteiger charge is -2.41. The van der Waals surface area contributed by atoms with Crippen LogP contribution in [0, 0.1) is 17.3 Å². The molecule has 0 spiro atoms. The third-order valence-electron chi connectivity index (χ3n) is 5.20. The summed E-state index contributed by atoms with van der Waals surface area (Å²) in [5, 5.41) is 10.3. The average molecular weight is 251 g/mol. The molecule has 2 unspecified atom stereocenters. The van der Waals surface area contributed by atoms with Gasteiger partial charge in [-0.2, -0.15) is 0 Å². The van der Waals surface area contributed by atoms with E-state index in [0.717, 1.165) is 24.9 Å². The molecule has 0 bridgehead atoms. The maximum Gasteiger partial charge on any atom is 0.0581 e. The largest absolute Gasteiger partial charge is 0.393 e. The number of hydrogen-bond donors (Lipinski definition) is 1. The molecule has 2 heteroatoms. The van der Waals surface area contributed by atoms with Gasteiger partial charge in [-0.25, -0.2) is 0 Å². The van der Waals surface area contributed by atoms with E-state index in [0.29, 0.717) is 11.3 Å². The Morgan fingerprint density at radius 3 is 2.39 bits per heavy atom. The predicted molar refractivity (Wildman–Crippen MR) is 74.4 cm³/mol. The SMILES string of the molecule is CC1(C)CCC(O)C(CN(CC2CC2)C2CC2)C1. The summed E-state index contributed by atoms with van der Waals surface area (Å²) in [5.74, 6) is 1.51. The van der Waals surface area contributed by atoms with Gasteiger partial charge in [-0.05, 0) is 62.2 Å². The van der Waals surface area contributed by atoms with Crippen LogP contribution in [0.2, 0.25) is 0 Å². The molecule has 0 aliphatic heterocycles. The minimum Gasteiger partial charge on any atom is -0.393 e. The quantitative estimate of drug-likeness (QED) is 0.812. The first-order valence-corrected chi connectivity index (χ1v) is 7.96. The van der Waals surface area contributed by atoms with E-state index in [4.69, 9.17) is 0 Å². The zero-order valence-corrected chi connectivity index (χ0v) is 12.1. The van der Waals surface area contributed by atoms with E-state index in [9.17, 15) is 5.11 Å². The number of rotatable bonds is 5. The van der Waals surface area contributed by atoms with Crippen LogP contribution in [0.3, 0.4) is 0 Å². The van der Waals surface area contributed by atoms with Gasteiger partial charge in [0.15, 0.2) is 0 Å². The molecule has 2 nitrogen and oxygen atoms in total. The van der Waals surface area contributed by atoms with Crippen molar-refractivity contribution in [3.05, 3.63) is 0 Å². The van der Waals surface area contributed by atoms with Crippen molar-refractivity contribution >= 4 is 0 Å². The van der Waals surface area contributed by atoms with Crippen LogP contribution < -0.4 is 0 Å². The molecule has 0 saturated heterocycles. The van der Waals surface area contributed by atoms with Gasteiger partial charge in [-0.15, -0.1) is 0 Å². The molecule has 1 N–H and O–H groups in total. The molecule has 2 atom stereocenters. The van der Waals surface area contributed by atoms with Gasteiger partial charge in [0.2, 0.25) is 0 Å². The van der Waals surface area contributed by atoms with Crippen LogP contribution in [0.1, 0.15) is 58.8 Å². The van der Waals surface area contributed by atoms with Crippen molar-refractivity contribution in [1.82, 2.24) is 4.90 Å². The standard InChI is InChI=1S/C16H29NO/c1-16(2)8-7-15(18)13(9-16)11-17(14-5-6-14)10-12-3-4-12/h12-15,18H,3-11H2,1-2H3. The Bertz CT molecular complexity index is 293. The molecule has 104 valence electrons. The lowest BCUT2D eigenvalue weighted by atomic mass is 9.70. The highest BCUT2D eigenvalue weighted by Crippen LogP contribution is 2.41. The summed E-state index contributed by atoms with van der Waals surface area (Å²) in [6.45, 7) is 7.21. The first-order valence-electron chi connectivity index (χ1n) is 7.96. The van der Waals surface area contributed by atoms with Crippen molar-refractivity contribution in [1.29, 1.82) is 0 Å². The summed E-state index contributed by atoms with van der Waals surface area (Å²) in [6, 6.07) is 0.864. The third-order valence-corrected chi connectivity index (χ3v) is 5.20. The van der Waals surface area contributed by atoms with Gasteiger partial charge in [-0.3, -0.25) is 4.90 Å². The first kappa shape index (κ1) is 12.9. The minimum absolute atomic E-state index is 0.0431. The lowest BCUT2D eigenvalue weighted by molar-refractivity contribution is 0.00221. The van der Waals surface area contributed by atoms with E-state index in [2.05, 4.69) is 18.7 Å². The van der Waals surface area contributed by atoms with Crippen LogP contribution in [0.4, 0.5) is 0 Å². The van der Waals surface area contributed by atoms with Crippen LogP contribution in [-0.4, -0.2) is 35.2 Å². The summed E-state index contributed by atoms with van der Waals surface area (Å²) in [6.07, 6.45) is 9.07. The molecule has 3 aliphatic rings. The van der Waals surface area contributed by atoms with Crippen LogP contribution in [0.25, 0.3) is 0 Å². The van der Waals surface area contributed by atoms with Crippen LogP contribution in [-0.2, 0) is 0 Å². The molecule has 0 aromatic heterocycles. The molecule has 0 aromatic carbocycles. The van der Waals surface area contributed by atoms with Gasteiger partial charge >= 0.3 is 0 Å². The van der Waals surface area contributed by atoms with E-state index >= 15 is 0 Å². The molecular weight excluding hydrogens is 222 g/mol. The normalized spacial score (nSPS) is 36.0. The Labute approximate surface area is 112 Å². The fourth-order valence-corrected chi connectivity index (χ4v) is 3.65. The Balaban J connectivity index is 1.57. The Morgan fingerprint density at radius 2 is 1.78 bits per heavy atom. The number of aliphatic hydroxyl groups is 1. The zero-order chi connectivity index (χ0) is 12.8. The maximum absolute atomic E-state index is 10.3. The van der Waals surface area contributed by atoms with Crippen LogP contribution in [0.15, 0.2) is 0 Å². The van der Waals surface area contributed by atoms with E-state index < -0.39 is 0 Å². The van der Waals surface area contributed by atoms with E-state index in [1.165, 1.54) is 45.1 Å². The molecule has 3 saturated carbocycles. The topological polar surface area (TPSA) is 23.5 Å². The molecule has 3 rings (SSSR count). The van der Waals surface area contributed by atoms with Crippen molar-refractivity contribution in [2.75, 3.05) is 13.1 Å². The number of aliphatic hydroxyl groups excluding tert-OH is 1. The molecule has 3 fully saturated rings. The first-order chi connectivity index (χ1) is 8.53. The smallest absolute Gasteiger partial charge is 0.0581 e. The highest BCUT2D eigenvalue weighted by Gasteiger charge is 2.39. The molecular formula is C16H29NO. The van der Waals surface area contributed by atoms with Gasteiger partial charge in [0.25, 0.3) is 0 Å². The lowest BCUT2D eigenvalue weighted by Crippen LogP contribution is -2.42. The van der Waals surface area contributed by atoms with E-state index in [1.54, 1.807) is 0 Å². The summed E-state index contributed by atoms with van der Waals surface area (Å²) >= 11 is 0.